The molecule has 2 heterocycles. The molecule has 7 nitrogen and oxygen atoms in total. The molecule has 1 atom stereocenters. The second-order valence-electron chi connectivity index (χ2n) is 10.1. The second-order valence-corrected chi connectivity index (χ2v) is 12.4. The second kappa shape index (κ2) is 12.1. The van der Waals surface area contributed by atoms with Gasteiger partial charge in [0.15, 0.2) is 0 Å². The van der Waals surface area contributed by atoms with Crippen LogP contribution in [0.2, 0.25) is 5.02 Å². The molecule has 0 saturated carbocycles. The molecule has 206 valence electrons. The van der Waals surface area contributed by atoms with Gasteiger partial charge in [0.2, 0.25) is 15.9 Å². The number of rotatable bonds is 7. The Morgan fingerprint density at radius 1 is 0.897 bits per heavy atom. The molecule has 9 heteroatoms. The average molecular weight is 568 g/mol. The number of hydrogen-bond acceptors (Lipinski definition) is 5. The van der Waals surface area contributed by atoms with Crippen LogP contribution >= 0.6 is 11.6 Å². The number of hydrogen-bond donors (Lipinski definition) is 0. The summed E-state index contributed by atoms with van der Waals surface area (Å²) in [5, 5.41) is 0.241. The Balaban J connectivity index is 1.25. The number of ether oxygens (including phenoxy) is 1. The van der Waals surface area contributed by atoms with E-state index in [0.717, 1.165) is 13.1 Å². The zero-order valence-corrected chi connectivity index (χ0v) is 23.7. The molecule has 2 aliphatic rings. The first-order chi connectivity index (χ1) is 18.9. The fourth-order valence-electron chi connectivity index (χ4n) is 5.66. The standard InChI is InChI=1S/C30H34ClN3O4S/c1-38-28-15-14-26(21-27(28)31)39(36,37)34-16-8-13-25(22-34)30(35)33-19-17-32(18-20-33)29(23-9-4-2-5-10-23)24-11-6-3-7-12-24/h2-7,9-12,14-15,21,25,29H,8,13,16-20,22H2,1H3/t25-/m1/s1. The summed E-state index contributed by atoms with van der Waals surface area (Å²) in [5.74, 6) is 0.106. The predicted octanol–water partition coefficient (Wildman–Crippen LogP) is 4.68. The van der Waals surface area contributed by atoms with Gasteiger partial charge in [-0.1, -0.05) is 72.3 Å². The fraction of sp³-hybridized carbons (Fsp3) is 0.367. The Morgan fingerprint density at radius 2 is 1.51 bits per heavy atom. The monoisotopic (exact) mass is 567 g/mol. The number of amides is 1. The normalized spacial score (nSPS) is 19.3. The highest BCUT2D eigenvalue weighted by Gasteiger charge is 2.37. The number of benzene rings is 3. The van der Waals surface area contributed by atoms with Crippen LogP contribution in [0.5, 0.6) is 5.75 Å². The van der Waals surface area contributed by atoms with Gasteiger partial charge in [0.05, 0.1) is 29.0 Å². The quantitative estimate of drug-likeness (QED) is 0.414. The minimum atomic E-state index is -3.77. The van der Waals surface area contributed by atoms with Crippen LogP contribution in [-0.4, -0.2) is 74.8 Å². The SMILES string of the molecule is COc1ccc(S(=O)(=O)N2CCC[C@@H](C(=O)N3CCN(C(c4ccccc4)c4ccccc4)CC3)C2)cc1Cl. The van der Waals surface area contributed by atoms with Crippen molar-refractivity contribution in [3.63, 3.8) is 0 Å². The Hall–Kier alpha value is -2.91. The third-order valence-electron chi connectivity index (χ3n) is 7.72. The molecule has 0 N–H and O–H groups in total. The van der Waals surface area contributed by atoms with Crippen molar-refractivity contribution in [2.24, 2.45) is 5.92 Å². The Kier molecular flexibility index (Phi) is 8.57. The lowest BCUT2D eigenvalue weighted by molar-refractivity contribution is -0.138. The molecule has 2 aliphatic heterocycles. The van der Waals surface area contributed by atoms with E-state index in [1.807, 2.05) is 17.0 Å². The van der Waals surface area contributed by atoms with Crippen LogP contribution in [0.1, 0.15) is 30.0 Å². The predicted molar refractivity (Wildman–Crippen MR) is 152 cm³/mol. The molecular weight excluding hydrogens is 534 g/mol. The number of nitrogens with zero attached hydrogens (tertiary/aromatic N) is 3. The summed E-state index contributed by atoms with van der Waals surface area (Å²) in [7, 11) is -2.29. The van der Waals surface area contributed by atoms with Gasteiger partial charge in [0, 0.05) is 39.3 Å². The van der Waals surface area contributed by atoms with Gasteiger partial charge in [-0.2, -0.15) is 4.31 Å². The van der Waals surface area contributed by atoms with Gasteiger partial charge in [-0.3, -0.25) is 9.69 Å². The van der Waals surface area contributed by atoms with Crippen molar-refractivity contribution in [3.8, 4) is 5.75 Å². The van der Waals surface area contributed by atoms with E-state index in [2.05, 4.69) is 53.4 Å². The van der Waals surface area contributed by atoms with Gasteiger partial charge >= 0.3 is 0 Å². The fourth-order valence-corrected chi connectivity index (χ4v) is 7.54. The molecule has 1 amide bonds. The number of sulfonamides is 1. The molecule has 0 spiro atoms. The summed E-state index contributed by atoms with van der Waals surface area (Å²) >= 11 is 6.19. The summed E-state index contributed by atoms with van der Waals surface area (Å²) in [4.78, 5) is 18.0. The third kappa shape index (κ3) is 5.99. The first kappa shape index (κ1) is 27.6. The number of piperidine rings is 1. The minimum Gasteiger partial charge on any atom is -0.495 e. The molecule has 0 radical (unpaired) electrons. The number of halogens is 1. The van der Waals surface area contributed by atoms with Gasteiger partial charge in [-0.05, 0) is 42.2 Å². The van der Waals surface area contributed by atoms with E-state index in [-0.39, 0.29) is 34.3 Å². The lowest BCUT2D eigenvalue weighted by Crippen LogP contribution is -2.53. The molecule has 0 bridgehead atoms. The van der Waals surface area contributed by atoms with E-state index >= 15 is 0 Å². The maximum absolute atomic E-state index is 13.6. The highest BCUT2D eigenvalue weighted by molar-refractivity contribution is 7.89. The van der Waals surface area contributed by atoms with Gasteiger partial charge < -0.3 is 9.64 Å². The zero-order chi connectivity index (χ0) is 27.4. The number of piperazine rings is 1. The van der Waals surface area contributed by atoms with E-state index in [1.165, 1.54) is 34.7 Å². The molecule has 39 heavy (non-hydrogen) atoms. The number of carbonyl (C=O) groups excluding carboxylic acids is 1. The van der Waals surface area contributed by atoms with Crippen LogP contribution in [-0.2, 0) is 14.8 Å². The van der Waals surface area contributed by atoms with Crippen molar-refractivity contribution >= 4 is 27.5 Å². The van der Waals surface area contributed by atoms with Gasteiger partial charge in [-0.25, -0.2) is 8.42 Å². The van der Waals surface area contributed by atoms with E-state index in [4.69, 9.17) is 16.3 Å². The molecule has 3 aromatic rings. The van der Waals surface area contributed by atoms with Gasteiger partial charge in [0.25, 0.3) is 0 Å². The largest absolute Gasteiger partial charge is 0.495 e. The van der Waals surface area contributed by atoms with Crippen LogP contribution in [0.25, 0.3) is 0 Å². The highest BCUT2D eigenvalue weighted by atomic mass is 35.5. The molecule has 2 fully saturated rings. The van der Waals surface area contributed by atoms with Crippen LogP contribution < -0.4 is 4.74 Å². The highest BCUT2D eigenvalue weighted by Crippen LogP contribution is 2.32. The van der Waals surface area contributed by atoms with E-state index in [9.17, 15) is 13.2 Å². The summed E-state index contributed by atoms with van der Waals surface area (Å²) in [5.41, 5.74) is 2.46. The summed E-state index contributed by atoms with van der Waals surface area (Å²) < 4.78 is 33.3. The van der Waals surface area contributed by atoms with E-state index in [0.29, 0.717) is 38.2 Å². The zero-order valence-electron chi connectivity index (χ0n) is 22.1. The van der Waals surface area contributed by atoms with Gasteiger partial charge in [-0.15, -0.1) is 0 Å². The van der Waals surface area contributed by atoms with Crippen LogP contribution in [0, 0.1) is 5.92 Å². The van der Waals surface area contributed by atoms with Crippen molar-refractivity contribution in [2.75, 3.05) is 46.4 Å². The number of methoxy groups -OCH3 is 1. The maximum Gasteiger partial charge on any atom is 0.243 e. The lowest BCUT2D eigenvalue weighted by Gasteiger charge is -2.41. The van der Waals surface area contributed by atoms with E-state index in [1.54, 1.807) is 6.07 Å². The molecular formula is C30H34ClN3O4S. The topological polar surface area (TPSA) is 70.2 Å². The van der Waals surface area contributed by atoms with Crippen molar-refractivity contribution in [1.82, 2.24) is 14.1 Å². The molecule has 2 saturated heterocycles. The van der Waals surface area contributed by atoms with Crippen molar-refractivity contribution in [2.45, 2.75) is 23.8 Å². The molecule has 5 rings (SSSR count). The molecule has 0 aromatic heterocycles. The van der Waals surface area contributed by atoms with Crippen molar-refractivity contribution in [1.29, 1.82) is 0 Å². The summed E-state index contributed by atoms with van der Waals surface area (Å²) in [6, 6.07) is 25.5. The summed E-state index contributed by atoms with van der Waals surface area (Å²) in [6.45, 7) is 3.30. The van der Waals surface area contributed by atoms with E-state index < -0.39 is 10.0 Å². The number of carbonyl (C=O) groups is 1. The smallest absolute Gasteiger partial charge is 0.243 e. The lowest BCUT2D eigenvalue weighted by atomic mass is 9.95. The molecule has 0 unspecified atom stereocenters. The van der Waals surface area contributed by atoms with Crippen LogP contribution in [0.4, 0.5) is 0 Å². The van der Waals surface area contributed by atoms with Gasteiger partial charge in [0.1, 0.15) is 5.75 Å². The Bertz CT molecular complexity index is 1340. The van der Waals surface area contributed by atoms with Crippen molar-refractivity contribution in [3.05, 3.63) is 95.0 Å². The third-order valence-corrected chi connectivity index (χ3v) is 9.87. The first-order valence-electron chi connectivity index (χ1n) is 13.3. The first-order valence-corrected chi connectivity index (χ1v) is 15.2. The average Bonchev–Trinajstić information content (AvgIpc) is 2.98. The van der Waals surface area contributed by atoms with Crippen LogP contribution in [0.15, 0.2) is 83.8 Å². The molecule has 0 aliphatic carbocycles. The Labute approximate surface area is 236 Å². The van der Waals surface area contributed by atoms with Crippen LogP contribution in [0.3, 0.4) is 0 Å². The molecule has 3 aromatic carbocycles. The minimum absolute atomic E-state index is 0.0401. The Morgan fingerprint density at radius 3 is 2.08 bits per heavy atom. The maximum atomic E-state index is 13.6. The summed E-state index contributed by atoms with van der Waals surface area (Å²) in [6.07, 6.45) is 1.33. The van der Waals surface area contributed by atoms with Crippen molar-refractivity contribution < 1.29 is 17.9 Å².